The van der Waals surface area contributed by atoms with Gasteiger partial charge in [-0.1, -0.05) is 35.3 Å². The van der Waals surface area contributed by atoms with Crippen LogP contribution in [0.1, 0.15) is 25.7 Å². The summed E-state index contributed by atoms with van der Waals surface area (Å²) < 4.78 is 0. The Morgan fingerprint density at radius 2 is 1.53 bits per heavy atom. The third-order valence-corrected chi connectivity index (χ3v) is 4.02. The maximum Gasteiger partial charge on any atom is 0.0592 e. The van der Waals surface area contributed by atoms with Gasteiger partial charge in [0.1, 0.15) is 0 Å². The maximum atomic E-state index is 9.25. The van der Waals surface area contributed by atoms with Crippen LogP contribution in [-0.4, -0.2) is 36.8 Å². The minimum absolute atomic E-state index is 0.00610. The van der Waals surface area contributed by atoms with E-state index >= 15 is 0 Å². The molecule has 2 rings (SSSR count). The normalized spacial score (nSPS) is 22.8. The van der Waals surface area contributed by atoms with Crippen LogP contribution in [0.5, 0.6) is 0 Å². The Bertz CT molecular complexity index is 342. The highest BCUT2D eigenvalue weighted by molar-refractivity contribution is 6.41. The predicted octanol–water partition coefficient (Wildman–Crippen LogP) is 4.09. The first-order chi connectivity index (χ1) is 8.99. The van der Waals surface area contributed by atoms with Gasteiger partial charge in [-0.2, -0.15) is 0 Å². The van der Waals surface area contributed by atoms with Crippen molar-refractivity contribution < 1.29 is 5.11 Å². The first kappa shape index (κ1) is 16.8. The highest BCUT2D eigenvalue weighted by Crippen LogP contribution is 2.24. The molecule has 2 nitrogen and oxygen atoms in total. The number of hydrogen-bond donors (Lipinski definition) is 1. The molecule has 19 heavy (non-hydrogen) atoms. The molecule has 0 aromatic heterocycles. The molecule has 1 aromatic rings. The summed E-state index contributed by atoms with van der Waals surface area (Å²) in [7, 11) is 4.23. The molecule has 0 heterocycles. The lowest BCUT2D eigenvalue weighted by Gasteiger charge is -2.27. The smallest absolute Gasteiger partial charge is 0.0592 e. The lowest BCUT2D eigenvalue weighted by Crippen LogP contribution is -2.27. The van der Waals surface area contributed by atoms with Crippen molar-refractivity contribution in [3.05, 3.63) is 34.3 Å². The molecule has 0 amide bonds. The van der Waals surface area contributed by atoms with E-state index in [2.05, 4.69) is 19.0 Å². The van der Waals surface area contributed by atoms with Crippen LogP contribution in [0.4, 0.5) is 0 Å². The maximum absolute atomic E-state index is 9.25. The van der Waals surface area contributed by atoms with Crippen molar-refractivity contribution in [2.24, 2.45) is 5.92 Å². The Hall–Kier alpha value is -0.280. The first-order valence-corrected chi connectivity index (χ1v) is 7.47. The van der Waals surface area contributed by atoms with E-state index in [1.807, 2.05) is 12.1 Å². The average Bonchev–Trinajstić information content (AvgIpc) is 2.36. The predicted molar refractivity (Wildman–Crippen MR) is 83.0 cm³/mol. The van der Waals surface area contributed by atoms with Gasteiger partial charge in [0.05, 0.1) is 16.1 Å². The van der Waals surface area contributed by atoms with Crippen LogP contribution in [0.2, 0.25) is 10.0 Å². The SMILES string of the molecule is CN(C)CC1CCC(O)CC1.Clc1ccccc1Cl. The van der Waals surface area contributed by atoms with Gasteiger partial charge in [-0.15, -0.1) is 0 Å². The van der Waals surface area contributed by atoms with Crippen molar-refractivity contribution in [2.75, 3.05) is 20.6 Å². The van der Waals surface area contributed by atoms with Gasteiger partial charge >= 0.3 is 0 Å². The molecule has 108 valence electrons. The largest absolute Gasteiger partial charge is 0.393 e. The Morgan fingerprint density at radius 3 is 1.89 bits per heavy atom. The fourth-order valence-electron chi connectivity index (χ4n) is 2.28. The van der Waals surface area contributed by atoms with Crippen molar-refractivity contribution in [1.29, 1.82) is 0 Å². The number of halogens is 2. The van der Waals surface area contributed by atoms with Crippen LogP contribution < -0.4 is 0 Å². The summed E-state index contributed by atoms with van der Waals surface area (Å²) in [6.07, 6.45) is 4.43. The second kappa shape index (κ2) is 8.80. The van der Waals surface area contributed by atoms with E-state index in [9.17, 15) is 5.11 Å². The van der Waals surface area contributed by atoms with Crippen LogP contribution >= 0.6 is 23.2 Å². The zero-order valence-electron chi connectivity index (χ0n) is 11.6. The lowest BCUT2D eigenvalue weighted by molar-refractivity contribution is 0.100. The third kappa shape index (κ3) is 7.17. The molecule has 1 fully saturated rings. The summed E-state index contributed by atoms with van der Waals surface area (Å²) >= 11 is 11.2. The van der Waals surface area contributed by atoms with E-state index < -0.39 is 0 Å². The number of aliphatic hydroxyl groups is 1. The number of benzene rings is 1. The molecule has 1 saturated carbocycles. The summed E-state index contributed by atoms with van der Waals surface area (Å²) in [4.78, 5) is 2.24. The fourth-order valence-corrected chi connectivity index (χ4v) is 2.55. The third-order valence-electron chi connectivity index (χ3n) is 3.26. The summed E-state index contributed by atoms with van der Waals surface area (Å²) in [5.74, 6) is 0.827. The summed E-state index contributed by atoms with van der Waals surface area (Å²) in [6.45, 7) is 1.19. The number of rotatable bonds is 2. The van der Waals surface area contributed by atoms with Gasteiger partial charge in [-0.05, 0) is 57.8 Å². The van der Waals surface area contributed by atoms with Crippen LogP contribution in [0, 0.1) is 5.92 Å². The Kier molecular flexibility index (Phi) is 7.77. The van der Waals surface area contributed by atoms with E-state index in [4.69, 9.17) is 23.2 Å². The Labute approximate surface area is 126 Å². The molecule has 1 aliphatic carbocycles. The van der Waals surface area contributed by atoms with Crippen molar-refractivity contribution >= 4 is 23.2 Å². The molecular weight excluding hydrogens is 281 g/mol. The van der Waals surface area contributed by atoms with Gasteiger partial charge < -0.3 is 10.0 Å². The van der Waals surface area contributed by atoms with E-state index in [0.29, 0.717) is 10.0 Å². The first-order valence-electron chi connectivity index (χ1n) is 6.72. The number of aliphatic hydroxyl groups excluding tert-OH is 1. The zero-order valence-corrected chi connectivity index (χ0v) is 13.2. The van der Waals surface area contributed by atoms with Crippen LogP contribution in [0.15, 0.2) is 24.3 Å². The average molecular weight is 304 g/mol. The molecule has 0 spiro atoms. The molecule has 0 unspecified atom stereocenters. The fraction of sp³-hybridized carbons (Fsp3) is 0.600. The van der Waals surface area contributed by atoms with Gasteiger partial charge in [0.15, 0.2) is 0 Å². The van der Waals surface area contributed by atoms with Gasteiger partial charge in [0.2, 0.25) is 0 Å². The van der Waals surface area contributed by atoms with E-state index in [1.54, 1.807) is 12.1 Å². The molecule has 0 bridgehead atoms. The second-order valence-corrected chi connectivity index (χ2v) is 6.17. The quantitative estimate of drug-likeness (QED) is 0.889. The lowest BCUT2D eigenvalue weighted by atomic mass is 9.87. The Morgan fingerprint density at radius 1 is 1.05 bits per heavy atom. The molecule has 0 radical (unpaired) electrons. The zero-order chi connectivity index (χ0) is 14.3. The molecular formula is C15H23Cl2NO. The van der Waals surface area contributed by atoms with Crippen molar-refractivity contribution in [3.8, 4) is 0 Å². The van der Waals surface area contributed by atoms with Crippen molar-refractivity contribution in [2.45, 2.75) is 31.8 Å². The summed E-state index contributed by atoms with van der Waals surface area (Å²) in [5.41, 5.74) is 0. The summed E-state index contributed by atoms with van der Waals surface area (Å²) in [5, 5.41) is 10.5. The van der Waals surface area contributed by atoms with E-state index in [-0.39, 0.29) is 6.10 Å². The van der Waals surface area contributed by atoms with Gasteiger partial charge in [0, 0.05) is 6.54 Å². The van der Waals surface area contributed by atoms with Crippen LogP contribution in [0.3, 0.4) is 0 Å². The molecule has 1 N–H and O–H groups in total. The van der Waals surface area contributed by atoms with Gasteiger partial charge in [-0.25, -0.2) is 0 Å². The van der Waals surface area contributed by atoms with E-state index in [0.717, 1.165) is 18.8 Å². The highest BCUT2D eigenvalue weighted by Gasteiger charge is 2.19. The molecule has 1 aromatic carbocycles. The second-order valence-electron chi connectivity index (χ2n) is 5.35. The number of nitrogens with zero attached hydrogens (tertiary/aromatic N) is 1. The van der Waals surface area contributed by atoms with Gasteiger partial charge in [0.25, 0.3) is 0 Å². The topological polar surface area (TPSA) is 23.5 Å². The van der Waals surface area contributed by atoms with Gasteiger partial charge in [-0.3, -0.25) is 0 Å². The molecule has 0 atom stereocenters. The van der Waals surface area contributed by atoms with Crippen molar-refractivity contribution in [1.82, 2.24) is 4.90 Å². The van der Waals surface area contributed by atoms with Crippen LogP contribution in [-0.2, 0) is 0 Å². The van der Waals surface area contributed by atoms with Crippen LogP contribution in [0.25, 0.3) is 0 Å². The molecule has 4 heteroatoms. The molecule has 0 aliphatic heterocycles. The minimum atomic E-state index is -0.00610. The summed E-state index contributed by atoms with van der Waals surface area (Å²) in [6, 6.07) is 7.19. The van der Waals surface area contributed by atoms with E-state index in [1.165, 1.54) is 19.4 Å². The highest BCUT2D eigenvalue weighted by atomic mass is 35.5. The molecule has 0 saturated heterocycles. The minimum Gasteiger partial charge on any atom is -0.393 e. The number of hydrogen-bond acceptors (Lipinski definition) is 2. The standard InChI is InChI=1S/C9H19NO.C6H4Cl2/c1-10(2)7-8-3-5-9(11)6-4-8;7-5-3-1-2-4-6(5)8/h8-9,11H,3-7H2,1-2H3;1-4H. The van der Waals surface area contributed by atoms with Crippen molar-refractivity contribution in [3.63, 3.8) is 0 Å². The monoisotopic (exact) mass is 303 g/mol. The molecule has 1 aliphatic rings. The Balaban J connectivity index is 0.000000200.